The van der Waals surface area contributed by atoms with E-state index in [1.165, 1.54) is 0 Å². The Morgan fingerprint density at radius 3 is 2.71 bits per heavy atom. The first-order chi connectivity index (χ1) is 8.17. The highest BCUT2D eigenvalue weighted by molar-refractivity contribution is 7.99. The molecule has 0 bridgehead atoms. The SMILES string of the molecule is CCNC(CCO)CSc1ccc(Cl)c(Cl)c1. The molecule has 0 heterocycles. The van der Waals surface area contributed by atoms with Gasteiger partial charge in [0.1, 0.15) is 0 Å². The van der Waals surface area contributed by atoms with Crippen molar-refractivity contribution < 1.29 is 5.11 Å². The standard InChI is InChI=1S/C12H17Cl2NOS/c1-2-15-9(5-6-16)8-17-10-3-4-11(13)12(14)7-10/h3-4,7,9,15-16H,2,5-6,8H2,1H3. The van der Waals surface area contributed by atoms with Crippen molar-refractivity contribution in [1.29, 1.82) is 0 Å². The Morgan fingerprint density at radius 2 is 2.12 bits per heavy atom. The third kappa shape index (κ3) is 5.49. The van der Waals surface area contributed by atoms with Crippen LogP contribution in [0.25, 0.3) is 0 Å². The van der Waals surface area contributed by atoms with Gasteiger partial charge in [-0.3, -0.25) is 0 Å². The highest BCUT2D eigenvalue weighted by Gasteiger charge is 2.08. The van der Waals surface area contributed by atoms with Gasteiger partial charge in [-0.15, -0.1) is 11.8 Å². The van der Waals surface area contributed by atoms with Gasteiger partial charge in [0.15, 0.2) is 0 Å². The van der Waals surface area contributed by atoms with Crippen molar-refractivity contribution in [1.82, 2.24) is 5.32 Å². The van der Waals surface area contributed by atoms with Gasteiger partial charge in [-0.05, 0) is 31.2 Å². The average molecular weight is 294 g/mol. The van der Waals surface area contributed by atoms with Crippen molar-refractivity contribution in [2.45, 2.75) is 24.3 Å². The summed E-state index contributed by atoms with van der Waals surface area (Å²) in [6.45, 7) is 3.18. The highest BCUT2D eigenvalue weighted by Crippen LogP contribution is 2.28. The normalized spacial score (nSPS) is 12.7. The smallest absolute Gasteiger partial charge is 0.0603 e. The Balaban J connectivity index is 2.49. The van der Waals surface area contributed by atoms with Crippen molar-refractivity contribution in [3.05, 3.63) is 28.2 Å². The van der Waals surface area contributed by atoms with E-state index in [1.54, 1.807) is 17.8 Å². The van der Waals surface area contributed by atoms with Gasteiger partial charge in [-0.2, -0.15) is 0 Å². The largest absolute Gasteiger partial charge is 0.396 e. The second-order valence-corrected chi connectivity index (χ2v) is 5.56. The second kappa shape index (κ2) is 8.22. The lowest BCUT2D eigenvalue weighted by molar-refractivity contribution is 0.271. The van der Waals surface area contributed by atoms with Crippen LogP contribution in [0.5, 0.6) is 0 Å². The number of rotatable bonds is 7. The molecule has 0 aromatic heterocycles. The summed E-state index contributed by atoms with van der Waals surface area (Å²) < 4.78 is 0. The topological polar surface area (TPSA) is 32.3 Å². The van der Waals surface area contributed by atoms with E-state index in [0.717, 1.165) is 23.6 Å². The van der Waals surface area contributed by atoms with Crippen molar-refractivity contribution in [3.63, 3.8) is 0 Å². The molecule has 1 rings (SSSR count). The quantitative estimate of drug-likeness (QED) is 0.756. The molecular weight excluding hydrogens is 277 g/mol. The number of benzene rings is 1. The van der Waals surface area contributed by atoms with Crippen LogP contribution in [0.1, 0.15) is 13.3 Å². The number of nitrogens with one attached hydrogen (secondary N) is 1. The van der Waals surface area contributed by atoms with E-state index in [0.29, 0.717) is 16.1 Å². The van der Waals surface area contributed by atoms with Gasteiger partial charge in [0.05, 0.1) is 10.0 Å². The van der Waals surface area contributed by atoms with E-state index >= 15 is 0 Å². The van der Waals surface area contributed by atoms with Crippen LogP contribution in [0.2, 0.25) is 10.0 Å². The fourth-order valence-electron chi connectivity index (χ4n) is 1.45. The summed E-state index contributed by atoms with van der Waals surface area (Å²) in [7, 11) is 0. The van der Waals surface area contributed by atoms with Crippen molar-refractivity contribution in [3.8, 4) is 0 Å². The van der Waals surface area contributed by atoms with Gasteiger partial charge in [-0.1, -0.05) is 30.1 Å². The first kappa shape index (κ1) is 15.1. The number of halogens is 2. The summed E-state index contributed by atoms with van der Waals surface area (Å²) in [6.07, 6.45) is 0.766. The Labute approximate surface area is 117 Å². The lowest BCUT2D eigenvalue weighted by Crippen LogP contribution is -2.31. The molecule has 0 saturated carbocycles. The molecule has 0 spiro atoms. The van der Waals surface area contributed by atoms with Crippen LogP contribution in [-0.4, -0.2) is 30.1 Å². The van der Waals surface area contributed by atoms with Crippen LogP contribution < -0.4 is 5.32 Å². The molecule has 2 N–H and O–H groups in total. The predicted octanol–water partition coefficient (Wildman–Crippen LogP) is 3.45. The maximum Gasteiger partial charge on any atom is 0.0603 e. The molecule has 96 valence electrons. The maximum absolute atomic E-state index is 8.95. The number of thioether (sulfide) groups is 1. The van der Waals surface area contributed by atoms with Gasteiger partial charge < -0.3 is 10.4 Å². The molecule has 0 saturated heterocycles. The first-order valence-corrected chi connectivity index (χ1v) is 7.33. The highest BCUT2D eigenvalue weighted by atomic mass is 35.5. The summed E-state index contributed by atoms with van der Waals surface area (Å²) in [5.74, 6) is 0.909. The molecule has 0 aliphatic rings. The lowest BCUT2D eigenvalue weighted by Gasteiger charge is -2.16. The zero-order valence-corrected chi connectivity index (χ0v) is 12.1. The lowest BCUT2D eigenvalue weighted by atomic mass is 10.2. The zero-order chi connectivity index (χ0) is 12.7. The molecular formula is C12H17Cl2NOS. The second-order valence-electron chi connectivity index (χ2n) is 3.65. The Morgan fingerprint density at radius 1 is 1.35 bits per heavy atom. The third-order valence-electron chi connectivity index (χ3n) is 2.31. The van der Waals surface area contributed by atoms with E-state index in [9.17, 15) is 0 Å². The van der Waals surface area contributed by atoms with Crippen LogP contribution in [0, 0.1) is 0 Å². The number of aliphatic hydroxyl groups excluding tert-OH is 1. The van der Waals surface area contributed by atoms with Crippen LogP contribution in [0.3, 0.4) is 0 Å². The fourth-order valence-corrected chi connectivity index (χ4v) is 2.86. The average Bonchev–Trinajstić information content (AvgIpc) is 2.31. The van der Waals surface area contributed by atoms with Crippen molar-refractivity contribution in [2.75, 3.05) is 18.9 Å². The number of aliphatic hydroxyl groups is 1. The monoisotopic (exact) mass is 293 g/mol. The molecule has 0 fully saturated rings. The number of hydrogen-bond acceptors (Lipinski definition) is 3. The first-order valence-electron chi connectivity index (χ1n) is 5.59. The van der Waals surface area contributed by atoms with Crippen LogP contribution >= 0.6 is 35.0 Å². The molecule has 1 aromatic rings. The van der Waals surface area contributed by atoms with Crippen LogP contribution in [0.4, 0.5) is 0 Å². The number of hydrogen-bond donors (Lipinski definition) is 2. The molecule has 1 aromatic carbocycles. The van der Waals surface area contributed by atoms with E-state index in [1.807, 2.05) is 12.1 Å². The molecule has 0 aliphatic carbocycles. The van der Waals surface area contributed by atoms with Crippen LogP contribution in [0.15, 0.2) is 23.1 Å². The molecule has 2 nitrogen and oxygen atoms in total. The molecule has 0 radical (unpaired) electrons. The molecule has 1 atom stereocenters. The van der Waals surface area contributed by atoms with E-state index < -0.39 is 0 Å². The van der Waals surface area contributed by atoms with E-state index in [-0.39, 0.29) is 6.61 Å². The molecule has 1 unspecified atom stereocenters. The Bertz CT molecular complexity index is 343. The van der Waals surface area contributed by atoms with Gasteiger partial charge in [0.25, 0.3) is 0 Å². The van der Waals surface area contributed by atoms with E-state index in [2.05, 4.69) is 12.2 Å². The summed E-state index contributed by atoms with van der Waals surface area (Å²) in [5, 5.41) is 13.5. The zero-order valence-electron chi connectivity index (χ0n) is 9.75. The molecule has 0 amide bonds. The van der Waals surface area contributed by atoms with Crippen molar-refractivity contribution in [2.24, 2.45) is 0 Å². The summed E-state index contributed by atoms with van der Waals surface area (Å²) in [5.41, 5.74) is 0. The predicted molar refractivity (Wildman–Crippen MR) is 76.4 cm³/mol. The van der Waals surface area contributed by atoms with E-state index in [4.69, 9.17) is 28.3 Å². The van der Waals surface area contributed by atoms with Gasteiger partial charge >= 0.3 is 0 Å². The van der Waals surface area contributed by atoms with Gasteiger partial charge in [-0.25, -0.2) is 0 Å². The minimum atomic E-state index is 0.208. The minimum absolute atomic E-state index is 0.208. The molecule has 0 aliphatic heterocycles. The summed E-state index contributed by atoms with van der Waals surface area (Å²) in [6, 6.07) is 5.96. The molecule has 17 heavy (non-hydrogen) atoms. The maximum atomic E-state index is 8.95. The van der Waals surface area contributed by atoms with Gasteiger partial charge in [0, 0.05) is 23.3 Å². The third-order valence-corrected chi connectivity index (χ3v) is 4.21. The minimum Gasteiger partial charge on any atom is -0.396 e. The van der Waals surface area contributed by atoms with Crippen LogP contribution in [-0.2, 0) is 0 Å². The fraction of sp³-hybridized carbons (Fsp3) is 0.500. The Hall–Kier alpha value is 0.0700. The summed E-state index contributed by atoms with van der Waals surface area (Å²) >= 11 is 13.5. The summed E-state index contributed by atoms with van der Waals surface area (Å²) in [4.78, 5) is 1.10. The van der Waals surface area contributed by atoms with Gasteiger partial charge in [0.2, 0.25) is 0 Å². The molecule has 5 heteroatoms. The van der Waals surface area contributed by atoms with Crippen molar-refractivity contribution >= 4 is 35.0 Å². The Kier molecular flexibility index (Phi) is 7.32.